The topological polar surface area (TPSA) is 28.2 Å². The van der Waals surface area contributed by atoms with Gasteiger partial charge in [-0.1, -0.05) is 13.8 Å². The lowest BCUT2D eigenvalue weighted by atomic mass is 10.2. The molecule has 116 valence electrons. The van der Waals surface area contributed by atoms with E-state index >= 15 is 0 Å². The molecule has 1 aromatic heterocycles. The van der Waals surface area contributed by atoms with Gasteiger partial charge in [-0.15, -0.1) is 11.3 Å². The molecule has 0 spiro atoms. The molecule has 1 rings (SSSR count). The van der Waals surface area contributed by atoms with Crippen molar-refractivity contribution in [2.75, 3.05) is 18.0 Å². The number of hydrogen-bond donors (Lipinski definition) is 1. The van der Waals surface area contributed by atoms with Crippen molar-refractivity contribution in [3.63, 3.8) is 0 Å². The molecule has 0 aliphatic rings. The Hall–Kier alpha value is -0.820. The zero-order valence-corrected chi connectivity index (χ0v) is 13.1. The van der Waals surface area contributed by atoms with Gasteiger partial charge in [-0.25, -0.2) is 4.98 Å². The molecule has 0 radical (unpaired) electrons. The zero-order valence-electron chi connectivity index (χ0n) is 12.3. The van der Waals surface area contributed by atoms with Crippen LogP contribution in [-0.2, 0) is 6.54 Å². The number of nitrogens with one attached hydrogen (secondary N) is 1. The Morgan fingerprint density at radius 3 is 2.45 bits per heavy atom. The number of aromatic nitrogens is 1. The van der Waals surface area contributed by atoms with Gasteiger partial charge in [0.15, 0.2) is 5.13 Å². The average Bonchev–Trinajstić information content (AvgIpc) is 2.72. The second kappa shape index (κ2) is 7.26. The van der Waals surface area contributed by atoms with E-state index in [9.17, 15) is 13.2 Å². The molecule has 0 aliphatic carbocycles. The fourth-order valence-electron chi connectivity index (χ4n) is 1.66. The van der Waals surface area contributed by atoms with Crippen molar-refractivity contribution in [2.24, 2.45) is 5.92 Å². The van der Waals surface area contributed by atoms with Crippen LogP contribution in [0.4, 0.5) is 18.3 Å². The highest BCUT2D eigenvalue weighted by Crippen LogP contribution is 2.28. The van der Waals surface area contributed by atoms with Gasteiger partial charge in [0.25, 0.3) is 0 Å². The van der Waals surface area contributed by atoms with Crippen molar-refractivity contribution >= 4 is 16.5 Å². The molecule has 0 unspecified atom stereocenters. The van der Waals surface area contributed by atoms with E-state index in [1.54, 1.807) is 20.0 Å². The SMILES string of the molecule is CC(C)CNCc1cnc(N(CC(F)(F)F)C(C)C)s1. The second-order valence-corrected chi connectivity index (χ2v) is 6.56. The van der Waals surface area contributed by atoms with Crippen LogP contribution in [0.3, 0.4) is 0 Å². The van der Waals surface area contributed by atoms with E-state index in [1.165, 1.54) is 16.2 Å². The number of rotatable bonds is 7. The Morgan fingerprint density at radius 2 is 1.95 bits per heavy atom. The second-order valence-electron chi connectivity index (χ2n) is 5.47. The van der Waals surface area contributed by atoms with Crippen molar-refractivity contribution in [1.82, 2.24) is 10.3 Å². The van der Waals surface area contributed by atoms with Crippen LogP contribution in [0.2, 0.25) is 0 Å². The molecule has 20 heavy (non-hydrogen) atoms. The minimum Gasteiger partial charge on any atom is -0.337 e. The standard InChI is InChI=1S/C13H22F3N3S/c1-9(2)5-17-6-11-7-18-12(20-11)19(10(3)4)8-13(14,15)16/h7,9-10,17H,5-6,8H2,1-4H3. The van der Waals surface area contributed by atoms with Crippen LogP contribution in [0, 0.1) is 5.92 Å². The molecule has 0 atom stereocenters. The third-order valence-electron chi connectivity index (χ3n) is 2.61. The highest BCUT2D eigenvalue weighted by molar-refractivity contribution is 7.15. The van der Waals surface area contributed by atoms with Gasteiger partial charge in [0.2, 0.25) is 0 Å². The van der Waals surface area contributed by atoms with E-state index in [-0.39, 0.29) is 6.04 Å². The lowest BCUT2D eigenvalue weighted by molar-refractivity contribution is -0.120. The predicted octanol–water partition coefficient (Wildman–Crippen LogP) is 3.67. The summed E-state index contributed by atoms with van der Waals surface area (Å²) in [6.45, 7) is 8.26. The van der Waals surface area contributed by atoms with Gasteiger partial charge in [-0.3, -0.25) is 0 Å². The number of halogens is 3. The predicted molar refractivity (Wildman–Crippen MR) is 77.2 cm³/mol. The molecule has 0 fully saturated rings. The van der Waals surface area contributed by atoms with Gasteiger partial charge in [-0.05, 0) is 26.3 Å². The number of anilines is 1. The summed E-state index contributed by atoms with van der Waals surface area (Å²) in [7, 11) is 0. The van der Waals surface area contributed by atoms with Crippen LogP contribution in [0.15, 0.2) is 6.20 Å². The molecule has 0 saturated heterocycles. The van der Waals surface area contributed by atoms with E-state index in [1.807, 2.05) is 0 Å². The lowest BCUT2D eigenvalue weighted by Gasteiger charge is -2.26. The summed E-state index contributed by atoms with van der Waals surface area (Å²) in [6.07, 6.45) is -2.56. The minimum atomic E-state index is -4.22. The van der Waals surface area contributed by atoms with Gasteiger partial charge < -0.3 is 10.2 Å². The maximum atomic E-state index is 12.6. The van der Waals surface area contributed by atoms with Gasteiger partial charge >= 0.3 is 6.18 Å². The van der Waals surface area contributed by atoms with Crippen LogP contribution < -0.4 is 10.2 Å². The molecule has 0 aromatic carbocycles. The molecule has 1 N–H and O–H groups in total. The largest absolute Gasteiger partial charge is 0.406 e. The maximum Gasteiger partial charge on any atom is 0.406 e. The smallest absolute Gasteiger partial charge is 0.337 e. The molecular weight excluding hydrogens is 287 g/mol. The maximum absolute atomic E-state index is 12.6. The Kier molecular flexibility index (Phi) is 6.26. The van der Waals surface area contributed by atoms with Crippen molar-refractivity contribution in [3.05, 3.63) is 11.1 Å². The monoisotopic (exact) mass is 309 g/mol. The molecule has 0 saturated carbocycles. The van der Waals surface area contributed by atoms with Crippen LogP contribution >= 0.6 is 11.3 Å². The summed E-state index contributed by atoms with van der Waals surface area (Å²) in [5, 5.41) is 3.69. The lowest BCUT2D eigenvalue weighted by Crippen LogP contribution is -2.39. The molecule has 0 bridgehead atoms. The van der Waals surface area contributed by atoms with E-state index < -0.39 is 12.7 Å². The third kappa shape index (κ3) is 6.09. The van der Waals surface area contributed by atoms with Crippen LogP contribution in [0.5, 0.6) is 0 Å². The highest BCUT2D eigenvalue weighted by atomic mass is 32.1. The third-order valence-corrected chi connectivity index (χ3v) is 3.65. The summed E-state index contributed by atoms with van der Waals surface area (Å²) >= 11 is 1.31. The van der Waals surface area contributed by atoms with Crippen LogP contribution in [0.25, 0.3) is 0 Å². The summed E-state index contributed by atoms with van der Waals surface area (Å²) in [6, 6.07) is -0.237. The van der Waals surface area contributed by atoms with Crippen molar-refractivity contribution in [3.8, 4) is 0 Å². The van der Waals surface area contributed by atoms with Crippen molar-refractivity contribution in [2.45, 2.75) is 46.5 Å². The van der Waals surface area contributed by atoms with Crippen molar-refractivity contribution in [1.29, 1.82) is 0 Å². The molecule has 1 heterocycles. The highest BCUT2D eigenvalue weighted by Gasteiger charge is 2.33. The first-order valence-electron chi connectivity index (χ1n) is 6.68. The van der Waals surface area contributed by atoms with Crippen molar-refractivity contribution < 1.29 is 13.2 Å². The van der Waals surface area contributed by atoms with Gasteiger partial charge in [0.05, 0.1) is 0 Å². The molecule has 0 aliphatic heterocycles. The number of thiazole rings is 1. The van der Waals surface area contributed by atoms with Gasteiger partial charge in [0.1, 0.15) is 6.54 Å². The zero-order chi connectivity index (χ0) is 15.3. The number of nitrogens with zero attached hydrogens (tertiary/aromatic N) is 2. The average molecular weight is 309 g/mol. The Morgan fingerprint density at radius 1 is 1.30 bits per heavy atom. The fourth-order valence-corrected chi connectivity index (χ4v) is 2.67. The molecule has 1 aromatic rings. The first-order valence-corrected chi connectivity index (χ1v) is 7.49. The Labute approximate surface area is 122 Å². The molecule has 0 amide bonds. The van der Waals surface area contributed by atoms with Crippen LogP contribution in [-0.4, -0.2) is 30.3 Å². The first-order chi connectivity index (χ1) is 9.19. The number of alkyl halides is 3. The van der Waals surface area contributed by atoms with E-state index in [4.69, 9.17) is 0 Å². The molecule has 7 heteroatoms. The molecular formula is C13H22F3N3S. The van der Waals surface area contributed by atoms with Crippen LogP contribution in [0.1, 0.15) is 32.6 Å². The summed E-state index contributed by atoms with van der Waals surface area (Å²) in [5.74, 6) is 0.541. The Bertz CT molecular complexity index is 402. The normalized spacial score (nSPS) is 12.4. The first kappa shape index (κ1) is 17.2. The Balaban J connectivity index is 2.67. The van der Waals surface area contributed by atoms with Gasteiger partial charge in [-0.2, -0.15) is 13.2 Å². The van der Waals surface area contributed by atoms with E-state index in [0.717, 1.165) is 11.4 Å². The summed E-state index contributed by atoms with van der Waals surface area (Å²) in [4.78, 5) is 6.36. The fraction of sp³-hybridized carbons (Fsp3) is 0.769. The van der Waals surface area contributed by atoms with Gasteiger partial charge in [0, 0.05) is 23.7 Å². The van der Waals surface area contributed by atoms with E-state index in [2.05, 4.69) is 24.1 Å². The molecule has 3 nitrogen and oxygen atoms in total. The number of hydrogen-bond acceptors (Lipinski definition) is 4. The summed E-state index contributed by atoms with van der Waals surface area (Å²) in [5.41, 5.74) is 0. The minimum absolute atomic E-state index is 0.237. The summed E-state index contributed by atoms with van der Waals surface area (Å²) < 4.78 is 37.7. The quantitative estimate of drug-likeness (QED) is 0.833. The van der Waals surface area contributed by atoms with E-state index in [0.29, 0.717) is 17.6 Å².